The Kier molecular flexibility index (Phi) is 6.16. The van der Waals surface area contributed by atoms with Crippen molar-refractivity contribution in [1.82, 2.24) is 0 Å². The molecule has 0 spiro atoms. The Bertz CT molecular complexity index is 2510. The van der Waals surface area contributed by atoms with Crippen molar-refractivity contribution >= 4 is 53.7 Å². The van der Waals surface area contributed by atoms with Crippen LogP contribution in [0.5, 0.6) is 0 Å². The van der Waals surface area contributed by atoms with Gasteiger partial charge in [-0.25, -0.2) is 0 Å². The summed E-state index contributed by atoms with van der Waals surface area (Å²) < 4.78 is 2.76. The van der Waals surface area contributed by atoms with Gasteiger partial charge in [0.25, 0.3) is 0 Å². The summed E-state index contributed by atoms with van der Waals surface area (Å²) in [6.45, 7) is 0. The van der Waals surface area contributed by atoms with Gasteiger partial charge in [-0.15, -0.1) is 11.3 Å². The van der Waals surface area contributed by atoms with E-state index in [1.54, 1.807) is 16.7 Å². The SMILES string of the molecule is C1=CC2c3cccc4c3[C@H]3CC(N(c5cccc6ccccc56)c5cccc6c5sc5ccccc56)CCC3C(=CC1)C2c1ccccc1-4. The molecule has 5 atom stereocenters. The second-order valence-corrected chi connectivity index (χ2v) is 15.6. The molecule has 4 aliphatic rings. The van der Waals surface area contributed by atoms with Gasteiger partial charge < -0.3 is 4.90 Å². The predicted octanol–water partition coefficient (Wildman–Crippen LogP) is 13.0. The lowest BCUT2D eigenvalue weighted by molar-refractivity contribution is 0.307. The average Bonchev–Trinajstić information content (AvgIpc) is 3.30. The van der Waals surface area contributed by atoms with Crippen LogP contribution in [0.1, 0.15) is 60.1 Å². The summed E-state index contributed by atoms with van der Waals surface area (Å²) in [4.78, 5) is 2.78. The molecular formula is C47H37NS. The van der Waals surface area contributed by atoms with Crippen molar-refractivity contribution in [2.45, 2.75) is 49.5 Å². The summed E-state index contributed by atoms with van der Waals surface area (Å²) in [6.07, 6.45) is 12.2. The minimum Gasteiger partial charge on any atom is -0.337 e. The molecule has 1 fully saturated rings. The number of nitrogens with zero attached hydrogens (tertiary/aromatic N) is 1. The van der Waals surface area contributed by atoms with E-state index in [4.69, 9.17) is 0 Å². The van der Waals surface area contributed by atoms with Crippen molar-refractivity contribution in [3.63, 3.8) is 0 Å². The van der Waals surface area contributed by atoms with Gasteiger partial charge in [0.15, 0.2) is 0 Å². The third-order valence-electron chi connectivity index (χ3n) is 12.3. The van der Waals surface area contributed by atoms with Gasteiger partial charge in [-0.3, -0.25) is 0 Å². The summed E-state index contributed by atoms with van der Waals surface area (Å²) in [6, 6.07) is 48.8. The number of fused-ring (bicyclic) bond motifs is 8. The van der Waals surface area contributed by atoms with Crippen LogP contribution >= 0.6 is 11.3 Å². The van der Waals surface area contributed by atoms with Gasteiger partial charge in [0.2, 0.25) is 0 Å². The zero-order valence-electron chi connectivity index (χ0n) is 27.4. The third-order valence-corrected chi connectivity index (χ3v) is 13.5. The molecule has 49 heavy (non-hydrogen) atoms. The normalized spacial score (nSPS) is 23.4. The van der Waals surface area contributed by atoms with E-state index in [0.717, 1.165) is 12.8 Å². The lowest BCUT2D eigenvalue weighted by Crippen LogP contribution is -2.39. The Hall–Kier alpha value is -4.92. The van der Waals surface area contributed by atoms with Crippen molar-refractivity contribution in [2.24, 2.45) is 5.92 Å². The molecule has 1 saturated carbocycles. The first-order valence-electron chi connectivity index (χ1n) is 18.1. The smallest absolute Gasteiger partial charge is 0.0595 e. The molecule has 4 unspecified atom stereocenters. The number of hydrogen-bond acceptors (Lipinski definition) is 2. The number of anilines is 2. The number of hydrogen-bond donors (Lipinski definition) is 0. The average molecular weight is 648 g/mol. The largest absolute Gasteiger partial charge is 0.337 e. The highest BCUT2D eigenvalue weighted by Gasteiger charge is 2.48. The van der Waals surface area contributed by atoms with Gasteiger partial charge in [0.1, 0.15) is 0 Å². The van der Waals surface area contributed by atoms with Crippen LogP contribution < -0.4 is 4.90 Å². The Morgan fingerprint density at radius 1 is 0.592 bits per heavy atom. The lowest BCUT2D eigenvalue weighted by Gasteiger charge is -2.45. The summed E-state index contributed by atoms with van der Waals surface area (Å²) in [7, 11) is 0. The fourth-order valence-corrected chi connectivity index (χ4v) is 11.6. The number of rotatable bonds is 3. The van der Waals surface area contributed by atoms with E-state index in [9.17, 15) is 0 Å². The predicted molar refractivity (Wildman–Crippen MR) is 208 cm³/mol. The fourth-order valence-electron chi connectivity index (χ4n) is 10.4. The molecule has 0 amide bonds. The van der Waals surface area contributed by atoms with Crippen molar-refractivity contribution in [1.29, 1.82) is 0 Å². The van der Waals surface area contributed by atoms with Crippen LogP contribution in [0, 0.1) is 5.92 Å². The van der Waals surface area contributed by atoms with Gasteiger partial charge in [-0.05, 0) is 88.9 Å². The molecule has 0 radical (unpaired) electrons. The molecule has 2 heteroatoms. The van der Waals surface area contributed by atoms with E-state index in [1.807, 2.05) is 11.3 Å². The first-order chi connectivity index (χ1) is 24.3. The molecule has 6 bridgehead atoms. The molecule has 236 valence electrons. The monoisotopic (exact) mass is 647 g/mol. The standard InChI is InChI=1S/C47H37NS/c1-2-14-31-29(12-1)13-9-23-42(31)48(43-24-11-22-40-34-16-7-8-25-44(34)49-47(40)43)30-26-27-33-36-18-5-6-19-38-39-21-10-20-37(46(39)41(33)28-30)32-15-3-4-17-35(32)45(36)38/h1-4,6-25,30,33,38,41,45H,5,26-28H2/t30?,33?,38?,41-,45?/m0/s1. The Balaban J connectivity index is 1.14. The van der Waals surface area contributed by atoms with Crippen molar-refractivity contribution in [2.75, 3.05) is 4.90 Å². The van der Waals surface area contributed by atoms with Crippen LogP contribution in [0.4, 0.5) is 11.4 Å². The number of benzene rings is 6. The molecule has 0 aliphatic heterocycles. The molecule has 0 N–H and O–H groups in total. The highest BCUT2D eigenvalue weighted by molar-refractivity contribution is 7.26. The van der Waals surface area contributed by atoms with Crippen molar-refractivity contribution in [3.8, 4) is 11.1 Å². The highest BCUT2D eigenvalue weighted by Crippen LogP contribution is 2.62. The second kappa shape index (κ2) is 10.8. The van der Waals surface area contributed by atoms with E-state index in [2.05, 4.69) is 151 Å². The molecule has 1 heterocycles. The minimum atomic E-state index is 0.369. The van der Waals surface area contributed by atoms with Gasteiger partial charge >= 0.3 is 0 Å². The van der Waals surface area contributed by atoms with Gasteiger partial charge in [-0.2, -0.15) is 0 Å². The van der Waals surface area contributed by atoms with E-state index in [-0.39, 0.29) is 0 Å². The summed E-state index contributed by atoms with van der Waals surface area (Å²) in [5, 5.41) is 5.38. The maximum atomic E-state index is 2.78. The second-order valence-electron chi connectivity index (χ2n) is 14.6. The quantitative estimate of drug-likeness (QED) is 0.173. The Morgan fingerprint density at radius 3 is 2.31 bits per heavy atom. The van der Waals surface area contributed by atoms with Crippen LogP contribution in [0.25, 0.3) is 42.1 Å². The molecule has 6 aromatic carbocycles. The zero-order chi connectivity index (χ0) is 32.1. The molecule has 11 rings (SSSR count). The molecule has 1 nitrogen and oxygen atoms in total. The number of thiophene rings is 1. The molecular weight excluding hydrogens is 611 g/mol. The van der Waals surface area contributed by atoms with E-state index < -0.39 is 0 Å². The van der Waals surface area contributed by atoms with E-state index in [0.29, 0.717) is 29.7 Å². The summed E-state index contributed by atoms with van der Waals surface area (Å²) >= 11 is 1.96. The van der Waals surface area contributed by atoms with Crippen molar-refractivity contribution < 1.29 is 0 Å². The van der Waals surface area contributed by atoms with Gasteiger partial charge in [0, 0.05) is 44.4 Å². The van der Waals surface area contributed by atoms with Crippen LogP contribution in [-0.2, 0) is 0 Å². The molecule has 1 aromatic heterocycles. The van der Waals surface area contributed by atoms with Gasteiger partial charge in [-0.1, -0.05) is 133 Å². The summed E-state index contributed by atoms with van der Waals surface area (Å²) in [5.41, 5.74) is 12.1. The van der Waals surface area contributed by atoms with Crippen LogP contribution in [0.15, 0.2) is 151 Å². The third kappa shape index (κ3) is 4.04. The molecule has 7 aromatic rings. The Morgan fingerprint density at radius 2 is 1.33 bits per heavy atom. The minimum absolute atomic E-state index is 0.369. The van der Waals surface area contributed by atoms with Crippen molar-refractivity contribution in [3.05, 3.63) is 168 Å². The molecule has 0 saturated heterocycles. The lowest BCUT2D eigenvalue weighted by atomic mass is 9.65. The maximum absolute atomic E-state index is 2.78. The fraction of sp³-hybridized carbons (Fsp3) is 0.191. The van der Waals surface area contributed by atoms with Crippen LogP contribution in [0.3, 0.4) is 0 Å². The maximum Gasteiger partial charge on any atom is 0.0595 e. The van der Waals surface area contributed by atoms with Gasteiger partial charge in [0.05, 0.1) is 10.4 Å². The topological polar surface area (TPSA) is 3.24 Å². The van der Waals surface area contributed by atoms with Crippen LogP contribution in [0.2, 0.25) is 0 Å². The highest BCUT2D eigenvalue weighted by atomic mass is 32.1. The molecule has 4 aliphatic carbocycles. The summed E-state index contributed by atoms with van der Waals surface area (Å²) in [5.74, 6) is 1.86. The van der Waals surface area contributed by atoms with E-state index in [1.165, 1.54) is 71.9 Å². The van der Waals surface area contributed by atoms with Crippen LogP contribution in [-0.4, -0.2) is 6.04 Å². The Labute approximate surface area is 291 Å². The van der Waals surface area contributed by atoms with E-state index >= 15 is 0 Å². The zero-order valence-corrected chi connectivity index (χ0v) is 28.2. The number of allylic oxidation sites excluding steroid dienone is 4. The first kappa shape index (κ1) is 28.0. The first-order valence-corrected chi connectivity index (χ1v) is 18.9.